The Bertz CT molecular complexity index is 1170. The average Bonchev–Trinajstić information content (AvgIpc) is 2.69. The van der Waals surface area contributed by atoms with E-state index in [9.17, 15) is 47.9 Å². The smallest absolute Gasteiger partial charge is 0.345 e. The van der Waals surface area contributed by atoms with Crippen LogP contribution in [0.2, 0.25) is 0 Å². The highest BCUT2D eigenvalue weighted by Crippen LogP contribution is 2.65. The first-order valence-corrected chi connectivity index (χ1v) is 11.0. The van der Waals surface area contributed by atoms with Crippen LogP contribution in [0.1, 0.15) is 62.3 Å². The maximum Gasteiger partial charge on any atom is 0.345 e. The van der Waals surface area contributed by atoms with Crippen molar-refractivity contribution in [3.8, 4) is 0 Å². The fraction of sp³-hybridized carbons (Fsp3) is 0.520. The topological polar surface area (TPSA) is 189 Å². The number of rotatable bonds is 9. The molecular formula is C25H28O12. The van der Waals surface area contributed by atoms with Gasteiger partial charge in [0.15, 0.2) is 11.9 Å². The van der Waals surface area contributed by atoms with E-state index in [1.54, 1.807) is 0 Å². The van der Waals surface area contributed by atoms with Crippen LogP contribution in [0.15, 0.2) is 11.1 Å². The Morgan fingerprint density at radius 3 is 1.22 bits per heavy atom. The zero-order valence-corrected chi connectivity index (χ0v) is 22.0. The summed E-state index contributed by atoms with van der Waals surface area (Å²) in [5, 5.41) is 0. The van der Waals surface area contributed by atoms with Crippen LogP contribution in [0.25, 0.3) is 0 Å². The van der Waals surface area contributed by atoms with Crippen LogP contribution in [-0.2, 0) is 57.4 Å². The normalized spacial score (nSPS) is 19.2. The zero-order chi connectivity index (χ0) is 29.4. The predicted molar refractivity (Wildman–Crippen MR) is 121 cm³/mol. The van der Waals surface area contributed by atoms with Crippen molar-refractivity contribution in [3.05, 3.63) is 11.1 Å². The van der Waals surface area contributed by atoms with Crippen molar-refractivity contribution < 1.29 is 57.4 Å². The summed E-state index contributed by atoms with van der Waals surface area (Å²) in [5.41, 5.74) is -11.9. The van der Waals surface area contributed by atoms with Gasteiger partial charge in [0.25, 0.3) is 0 Å². The molecule has 0 spiro atoms. The first kappa shape index (κ1) is 31.1. The van der Waals surface area contributed by atoms with Crippen molar-refractivity contribution in [2.45, 2.75) is 68.4 Å². The summed E-state index contributed by atoms with van der Waals surface area (Å²) in [6.07, 6.45) is -2.51. The number of hydrogen-bond donors (Lipinski definition) is 0. The minimum atomic E-state index is -3.27. The molecule has 200 valence electrons. The molecule has 0 saturated carbocycles. The van der Waals surface area contributed by atoms with E-state index in [4.69, 9.17) is 4.74 Å². The van der Waals surface area contributed by atoms with Gasteiger partial charge in [0, 0.05) is 19.4 Å². The van der Waals surface area contributed by atoms with Gasteiger partial charge >= 0.3 is 17.9 Å². The highest BCUT2D eigenvalue weighted by Gasteiger charge is 2.83. The summed E-state index contributed by atoms with van der Waals surface area (Å²) >= 11 is 0. The van der Waals surface area contributed by atoms with Gasteiger partial charge in [-0.2, -0.15) is 0 Å². The number of hydrogen-bond acceptors (Lipinski definition) is 12. The lowest BCUT2D eigenvalue weighted by Gasteiger charge is -2.59. The molecule has 12 heteroatoms. The van der Waals surface area contributed by atoms with E-state index >= 15 is 0 Å². The van der Waals surface area contributed by atoms with Gasteiger partial charge in [-0.25, -0.2) is 4.79 Å². The van der Waals surface area contributed by atoms with Gasteiger partial charge in [-0.1, -0.05) is 0 Å². The Kier molecular flexibility index (Phi) is 8.56. The number of ketones is 7. The fourth-order valence-corrected chi connectivity index (χ4v) is 6.00. The van der Waals surface area contributed by atoms with Gasteiger partial charge in [-0.05, 0) is 48.5 Å². The van der Waals surface area contributed by atoms with Crippen molar-refractivity contribution in [2.75, 3.05) is 0 Å². The summed E-state index contributed by atoms with van der Waals surface area (Å²) in [5.74, 6) is -13.5. The Morgan fingerprint density at radius 2 is 0.973 bits per heavy atom. The molecule has 0 saturated heterocycles. The third-order valence-corrected chi connectivity index (χ3v) is 6.77. The van der Waals surface area contributed by atoms with E-state index < -0.39 is 91.9 Å². The van der Waals surface area contributed by atoms with Crippen molar-refractivity contribution >= 4 is 58.4 Å². The van der Waals surface area contributed by atoms with Crippen LogP contribution in [-0.4, -0.2) is 64.5 Å². The Hall–Kier alpha value is -3.96. The molecule has 0 amide bonds. The Labute approximate surface area is 212 Å². The van der Waals surface area contributed by atoms with Gasteiger partial charge in [0.1, 0.15) is 50.9 Å². The van der Waals surface area contributed by atoms with Crippen LogP contribution >= 0.6 is 0 Å². The van der Waals surface area contributed by atoms with Crippen LogP contribution in [0.4, 0.5) is 0 Å². The number of ether oxygens (including phenoxy) is 2. The molecule has 1 aliphatic carbocycles. The van der Waals surface area contributed by atoms with Gasteiger partial charge < -0.3 is 9.47 Å². The highest BCUT2D eigenvalue weighted by atomic mass is 16.6. The largest absolute Gasteiger partial charge is 0.456 e. The molecule has 1 unspecified atom stereocenters. The molecule has 37 heavy (non-hydrogen) atoms. The molecule has 0 aromatic carbocycles. The minimum Gasteiger partial charge on any atom is -0.456 e. The molecule has 0 aromatic rings. The van der Waals surface area contributed by atoms with Crippen molar-refractivity contribution in [1.29, 1.82) is 0 Å². The lowest BCUT2D eigenvalue weighted by molar-refractivity contribution is -0.195. The SMILES string of the molecule is CC(=O)OC(=O)C1=C(C(C)=O)C(C(C)=O)(C(C)=O)C(C(C)=O)(C(C)=O)C(C(C)=O)(C(C)=O)C1OC(C)=O. The van der Waals surface area contributed by atoms with Crippen molar-refractivity contribution in [2.24, 2.45) is 16.2 Å². The second-order valence-corrected chi connectivity index (χ2v) is 8.86. The number of esters is 3. The minimum absolute atomic E-state index is 0.726. The molecule has 0 fully saturated rings. The monoisotopic (exact) mass is 520 g/mol. The van der Waals surface area contributed by atoms with Crippen LogP contribution in [0.5, 0.6) is 0 Å². The quantitative estimate of drug-likeness (QED) is 0.301. The van der Waals surface area contributed by atoms with E-state index in [1.165, 1.54) is 0 Å². The molecule has 0 heterocycles. The van der Waals surface area contributed by atoms with Crippen LogP contribution in [0.3, 0.4) is 0 Å². The number of carbonyl (C=O) groups excluding carboxylic acids is 10. The summed E-state index contributed by atoms with van der Waals surface area (Å²) in [6.45, 7) is 6.75. The van der Waals surface area contributed by atoms with E-state index in [0.29, 0.717) is 0 Å². The molecule has 1 atom stereocenters. The molecule has 0 aliphatic heterocycles. The Morgan fingerprint density at radius 1 is 0.568 bits per heavy atom. The van der Waals surface area contributed by atoms with E-state index in [1.807, 2.05) is 0 Å². The molecule has 1 rings (SSSR count). The second-order valence-electron chi connectivity index (χ2n) is 8.86. The predicted octanol–water partition coefficient (Wildman–Crippen LogP) is 0.400. The van der Waals surface area contributed by atoms with E-state index in [0.717, 1.165) is 62.3 Å². The molecule has 0 N–H and O–H groups in total. The zero-order valence-electron chi connectivity index (χ0n) is 22.0. The number of allylic oxidation sites excluding steroid dienone is 1. The van der Waals surface area contributed by atoms with E-state index in [2.05, 4.69) is 4.74 Å². The summed E-state index contributed by atoms with van der Waals surface area (Å²) < 4.78 is 9.79. The maximum atomic E-state index is 13.6. The summed E-state index contributed by atoms with van der Waals surface area (Å²) in [4.78, 5) is 132. The first-order chi connectivity index (χ1) is 16.7. The molecule has 0 bridgehead atoms. The number of Topliss-reactive ketones (excluding diaryl/α,β-unsaturated/α-hetero) is 7. The van der Waals surface area contributed by atoms with Gasteiger partial charge in [-0.3, -0.25) is 43.2 Å². The van der Waals surface area contributed by atoms with Gasteiger partial charge in [-0.15, -0.1) is 0 Å². The van der Waals surface area contributed by atoms with Gasteiger partial charge in [0.2, 0.25) is 0 Å². The molecule has 0 aromatic heterocycles. The van der Waals surface area contributed by atoms with E-state index in [-0.39, 0.29) is 0 Å². The van der Waals surface area contributed by atoms with Gasteiger partial charge in [0.05, 0.1) is 5.57 Å². The Balaban J connectivity index is 5.11. The molecule has 0 radical (unpaired) electrons. The lowest BCUT2D eigenvalue weighted by Crippen LogP contribution is -2.77. The maximum absolute atomic E-state index is 13.6. The fourth-order valence-electron chi connectivity index (χ4n) is 6.00. The molecule has 1 aliphatic rings. The first-order valence-electron chi connectivity index (χ1n) is 11.0. The van der Waals surface area contributed by atoms with Crippen LogP contribution < -0.4 is 0 Å². The molecular weight excluding hydrogens is 492 g/mol. The second kappa shape index (κ2) is 10.2. The van der Waals surface area contributed by atoms with Crippen molar-refractivity contribution in [3.63, 3.8) is 0 Å². The third kappa shape index (κ3) is 3.91. The molecule has 12 nitrogen and oxygen atoms in total. The summed E-state index contributed by atoms with van der Waals surface area (Å²) in [6, 6.07) is 0. The lowest BCUT2D eigenvalue weighted by atomic mass is 9.36. The standard InChI is InChI=1S/C25H28O12/c1-10(26)20-19(22(35)37-18(9)34)21(36-17(8)33)24(13(4)29,14(5)30)25(15(6)31,16(7)32)23(20,11(2)27)12(3)28/h21H,1-9H3. The third-order valence-electron chi connectivity index (χ3n) is 6.77. The van der Waals surface area contributed by atoms with Crippen LogP contribution in [0, 0.1) is 16.2 Å². The van der Waals surface area contributed by atoms with Crippen molar-refractivity contribution in [1.82, 2.24) is 0 Å². The summed E-state index contributed by atoms with van der Waals surface area (Å²) in [7, 11) is 0. The number of carbonyl (C=O) groups is 10. The average molecular weight is 520 g/mol. The highest BCUT2D eigenvalue weighted by molar-refractivity contribution is 6.32.